The van der Waals surface area contributed by atoms with Crippen LogP contribution in [-0.2, 0) is 27.7 Å². The molecule has 2 aliphatic rings. The van der Waals surface area contributed by atoms with E-state index in [-0.39, 0.29) is 28.8 Å². The van der Waals surface area contributed by atoms with Gasteiger partial charge in [0.25, 0.3) is 5.91 Å². The van der Waals surface area contributed by atoms with Crippen LogP contribution in [0, 0.1) is 5.82 Å². The van der Waals surface area contributed by atoms with Gasteiger partial charge in [0.15, 0.2) is 9.84 Å². The molecule has 1 aliphatic heterocycles. The van der Waals surface area contributed by atoms with Gasteiger partial charge in [-0.3, -0.25) is 4.79 Å². The lowest BCUT2D eigenvalue weighted by molar-refractivity contribution is 0.0801. The summed E-state index contributed by atoms with van der Waals surface area (Å²) in [5, 5.41) is 0.896. The predicted molar refractivity (Wildman–Crippen MR) is 143 cm³/mol. The summed E-state index contributed by atoms with van der Waals surface area (Å²) in [7, 11) is -3.88. The second-order valence-corrected chi connectivity index (χ2v) is 12.1. The van der Waals surface area contributed by atoms with Gasteiger partial charge in [-0.25, -0.2) is 27.8 Å². The van der Waals surface area contributed by atoms with Crippen LogP contribution in [0.15, 0.2) is 53.7 Å². The van der Waals surface area contributed by atoms with Gasteiger partial charge < -0.3 is 15.4 Å². The third-order valence-corrected chi connectivity index (χ3v) is 8.30. The fourth-order valence-corrected chi connectivity index (χ4v) is 5.91. The van der Waals surface area contributed by atoms with Gasteiger partial charge in [0.2, 0.25) is 0 Å². The SMILES string of the molecule is C[C@H]1OCc2c1c(N)nc1cc(CN(C(=O)c3cnc(C4CC4)nc3)c3ccc(F)cc3S(C)(=O)=O)ccc21. The molecule has 11 heteroatoms. The van der Waals surface area contributed by atoms with E-state index in [2.05, 4.69) is 15.0 Å². The third-order valence-electron chi connectivity index (χ3n) is 7.17. The first-order valence-electron chi connectivity index (χ1n) is 12.6. The molecular weight excluding hydrogens is 521 g/mol. The van der Waals surface area contributed by atoms with Crippen LogP contribution in [0.4, 0.5) is 15.9 Å². The molecule has 1 aliphatic carbocycles. The predicted octanol–water partition coefficient (Wildman–Crippen LogP) is 4.47. The minimum Gasteiger partial charge on any atom is -0.383 e. The number of nitrogens with two attached hydrogens (primary N) is 1. The largest absolute Gasteiger partial charge is 0.383 e. The molecule has 200 valence electrons. The standard InChI is InChI=1S/C28H26FN5O4S/c1-15-25-21(14-38-15)20-7-3-16(9-22(20)33-26(25)30)13-34(23-8-6-19(29)10-24(23)39(2,36)37)28(35)18-11-31-27(32-12-18)17-4-5-17/h3,6-12,15,17H,4-5,13-14H2,1-2H3,(H2,30,33)/t15-/m1/s1. The molecule has 2 aromatic heterocycles. The van der Waals surface area contributed by atoms with Crippen LogP contribution >= 0.6 is 0 Å². The molecule has 9 nitrogen and oxygen atoms in total. The van der Waals surface area contributed by atoms with Crippen LogP contribution in [0.25, 0.3) is 10.9 Å². The highest BCUT2D eigenvalue weighted by Gasteiger charge is 2.29. The number of ether oxygens (including phenoxy) is 1. The van der Waals surface area contributed by atoms with Crippen molar-refractivity contribution in [1.82, 2.24) is 15.0 Å². The van der Waals surface area contributed by atoms with Crippen molar-refractivity contribution >= 4 is 38.2 Å². The molecule has 1 amide bonds. The summed E-state index contributed by atoms with van der Waals surface area (Å²) in [6.45, 7) is 2.34. The van der Waals surface area contributed by atoms with Crippen molar-refractivity contribution in [3.8, 4) is 0 Å². The summed E-state index contributed by atoms with van der Waals surface area (Å²) < 4.78 is 45.2. The molecule has 2 aromatic carbocycles. The summed E-state index contributed by atoms with van der Waals surface area (Å²) in [6.07, 6.45) is 5.77. The minimum atomic E-state index is -3.88. The zero-order valence-electron chi connectivity index (χ0n) is 21.4. The summed E-state index contributed by atoms with van der Waals surface area (Å²) >= 11 is 0. The van der Waals surface area contributed by atoms with Gasteiger partial charge in [-0.15, -0.1) is 0 Å². The fourth-order valence-electron chi connectivity index (χ4n) is 5.03. The van der Waals surface area contributed by atoms with Crippen molar-refractivity contribution in [2.45, 2.75) is 49.8 Å². The summed E-state index contributed by atoms with van der Waals surface area (Å²) in [5.74, 6) is 0.141. The topological polar surface area (TPSA) is 128 Å². The molecule has 0 unspecified atom stereocenters. The van der Waals surface area contributed by atoms with Gasteiger partial charge in [0.1, 0.15) is 17.5 Å². The van der Waals surface area contributed by atoms with E-state index in [1.807, 2.05) is 25.1 Å². The van der Waals surface area contributed by atoms with Crippen molar-refractivity contribution in [2.75, 3.05) is 16.9 Å². The van der Waals surface area contributed by atoms with Crippen LogP contribution in [0.2, 0.25) is 0 Å². The van der Waals surface area contributed by atoms with E-state index in [1.165, 1.54) is 23.4 Å². The number of hydrogen-bond acceptors (Lipinski definition) is 8. The number of halogens is 1. The molecule has 0 saturated heterocycles. The van der Waals surface area contributed by atoms with Gasteiger partial charge in [-0.05, 0) is 55.2 Å². The molecular formula is C28H26FN5O4S. The molecule has 2 N–H and O–H groups in total. The molecule has 0 radical (unpaired) electrons. The molecule has 0 bridgehead atoms. The van der Waals surface area contributed by atoms with Crippen molar-refractivity contribution in [2.24, 2.45) is 0 Å². The molecule has 6 rings (SSSR count). The van der Waals surface area contributed by atoms with Crippen LogP contribution in [0.5, 0.6) is 0 Å². The zero-order valence-corrected chi connectivity index (χ0v) is 22.2. The number of fused-ring (bicyclic) bond motifs is 3. The second-order valence-electron chi connectivity index (χ2n) is 10.1. The maximum absolute atomic E-state index is 14.1. The molecule has 1 fully saturated rings. The first-order valence-corrected chi connectivity index (χ1v) is 14.4. The van der Waals surface area contributed by atoms with E-state index in [4.69, 9.17) is 10.5 Å². The van der Waals surface area contributed by atoms with Crippen LogP contribution < -0.4 is 10.6 Å². The van der Waals surface area contributed by atoms with Crippen molar-refractivity contribution in [3.05, 3.63) is 82.7 Å². The second kappa shape index (κ2) is 9.35. The van der Waals surface area contributed by atoms with Crippen LogP contribution in [-0.4, -0.2) is 35.5 Å². The van der Waals surface area contributed by atoms with Crippen molar-refractivity contribution in [1.29, 1.82) is 0 Å². The summed E-state index contributed by atoms with van der Waals surface area (Å²) in [6, 6.07) is 8.90. The van der Waals surface area contributed by atoms with Crippen LogP contribution in [0.1, 0.15) is 64.7 Å². The maximum Gasteiger partial charge on any atom is 0.261 e. The number of hydrogen-bond donors (Lipinski definition) is 1. The Morgan fingerprint density at radius 2 is 1.90 bits per heavy atom. The number of carbonyl (C=O) groups is 1. The van der Waals surface area contributed by atoms with E-state index >= 15 is 0 Å². The molecule has 0 spiro atoms. The number of nitrogens with zero attached hydrogens (tertiary/aromatic N) is 4. The number of amides is 1. The maximum atomic E-state index is 14.1. The number of carbonyl (C=O) groups excluding carboxylic acids is 1. The van der Waals surface area contributed by atoms with E-state index in [9.17, 15) is 17.6 Å². The Morgan fingerprint density at radius 1 is 1.15 bits per heavy atom. The van der Waals surface area contributed by atoms with Crippen molar-refractivity contribution in [3.63, 3.8) is 0 Å². The minimum absolute atomic E-state index is 0.0150. The Kier molecular flexibility index (Phi) is 6.07. The average molecular weight is 548 g/mol. The molecule has 4 aromatic rings. The van der Waals surface area contributed by atoms with Gasteiger partial charge in [0.05, 0.1) is 40.9 Å². The average Bonchev–Trinajstić information content (AvgIpc) is 3.68. The lowest BCUT2D eigenvalue weighted by Crippen LogP contribution is -2.32. The van der Waals surface area contributed by atoms with Gasteiger partial charge in [0, 0.05) is 35.5 Å². The van der Waals surface area contributed by atoms with E-state index in [0.29, 0.717) is 35.2 Å². The molecule has 1 atom stereocenters. The normalized spacial score (nSPS) is 16.8. The van der Waals surface area contributed by atoms with Crippen LogP contribution in [0.3, 0.4) is 0 Å². The van der Waals surface area contributed by atoms with E-state index < -0.39 is 21.6 Å². The van der Waals surface area contributed by atoms with Crippen molar-refractivity contribution < 1.29 is 22.3 Å². The number of rotatable bonds is 6. The number of anilines is 2. The highest BCUT2D eigenvalue weighted by molar-refractivity contribution is 7.90. The number of pyridine rings is 1. The molecule has 1 saturated carbocycles. The van der Waals surface area contributed by atoms with E-state index in [1.54, 1.807) is 0 Å². The first kappa shape index (κ1) is 25.3. The monoisotopic (exact) mass is 547 g/mol. The number of nitrogen functional groups attached to an aromatic ring is 1. The number of sulfone groups is 1. The highest BCUT2D eigenvalue weighted by atomic mass is 32.2. The third kappa shape index (κ3) is 4.72. The smallest absolute Gasteiger partial charge is 0.261 e. The fraction of sp³-hybridized carbons (Fsp3) is 0.286. The quantitative estimate of drug-likeness (QED) is 0.375. The lowest BCUT2D eigenvalue weighted by atomic mass is 10.0. The van der Waals surface area contributed by atoms with Gasteiger partial charge in [-0.1, -0.05) is 12.1 Å². The summed E-state index contributed by atoms with van der Waals surface area (Å²) in [4.78, 5) is 28.1. The van der Waals surface area contributed by atoms with Gasteiger partial charge >= 0.3 is 0 Å². The lowest BCUT2D eigenvalue weighted by Gasteiger charge is -2.25. The van der Waals surface area contributed by atoms with E-state index in [0.717, 1.165) is 47.7 Å². The number of aromatic nitrogens is 3. The summed E-state index contributed by atoms with van der Waals surface area (Å²) in [5.41, 5.74) is 9.66. The first-order chi connectivity index (χ1) is 18.6. The molecule has 3 heterocycles. The Morgan fingerprint density at radius 3 is 2.59 bits per heavy atom. The molecule has 39 heavy (non-hydrogen) atoms. The zero-order chi connectivity index (χ0) is 27.5. The van der Waals surface area contributed by atoms with Gasteiger partial charge in [-0.2, -0.15) is 0 Å². The Labute approximate surface area is 224 Å². The Bertz CT molecular complexity index is 1740. The highest BCUT2D eigenvalue weighted by Crippen LogP contribution is 2.39. The Balaban J connectivity index is 1.44. The Hall–Kier alpha value is -3.96. The number of benzene rings is 2.